The van der Waals surface area contributed by atoms with Crippen LogP contribution < -0.4 is 0 Å². The molecule has 0 saturated carbocycles. The highest BCUT2D eigenvalue weighted by Gasteiger charge is 1.99. The third kappa shape index (κ3) is 1.80. The maximum atomic E-state index is 5.81. The largest absolute Gasteiger partial charge is 0.272 e. The van der Waals surface area contributed by atoms with E-state index >= 15 is 0 Å². The summed E-state index contributed by atoms with van der Waals surface area (Å²) < 4.78 is 1.91. The van der Waals surface area contributed by atoms with E-state index in [1.165, 1.54) is 0 Å². The van der Waals surface area contributed by atoms with Crippen molar-refractivity contribution in [1.82, 2.24) is 9.78 Å². The maximum Gasteiger partial charge on any atom is 0.0568 e. The molecule has 0 aliphatic rings. The van der Waals surface area contributed by atoms with Crippen LogP contribution in [0.25, 0.3) is 11.1 Å². The Morgan fingerprint density at radius 3 is 2.50 bits per heavy atom. The summed E-state index contributed by atoms with van der Waals surface area (Å²) in [6.07, 6.45) is 3.90. The van der Waals surface area contributed by atoms with Crippen molar-refractivity contribution in [3.05, 3.63) is 41.7 Å². The van der Waals surface area contributed by atoms with Gasteiger partial charge in [0.25, 0.3) is 0 Å². The van der Waals surface area contributed by atoms with Gasteiger partial charge in [-0.2, -0.15) is 5.10 Å². The van der Waals surface area contributed by atoms with E-state index in [2.05, 4.69) is 12.0 Å². The maximum absolute atomic E-state index is 5.81. The lowest BCUT2D eigenvalue weighted by Crippen LogP contribution is -1.91. The number of halogens is 1. The summed E-state index contributed by atoms with van der Waals surface area (Å²) in [5.74, 6) is 0. The summed E-state index contributed by atoms with van der Waals surface area (Å²) in [5, 5.41) is 4.98. The smallest absolute Gasteiger partial charge is 0.0568 e. The van der Waals surface area contributed by atoms with Gasteiger partial charge < -0.3 is 0 Å². The fraction of sp³-hybridized carbons (Fsp3) is 0.182. The summed E-state index contributed by atoms with van der Waals surface area (Å²) >= 11 is 5.81. The lowest BCUT2D eigenvalue weighted by Gasteiger charge is -1.96. The summed E-state index contributed by atoms with van der Waals surface area (Å²) in [4.78, 5) is 0. The van der Waals surface area contributed by atoms with Gasteiger partial charge in [0, 0.05) is 23.3 Å². The summed E-state index contributed by atoms with van der Waals surface area (Å²) in [7, 11) is 0. The minimum atomic E-state index is 0.761. The molecule has 0 N–H and O–H groups in total. The number of hydrogen-bond acceptors (Lipinski definition) is 1. The monoisotopic (exact) mass is 206 g/mol. The van der Waals surface area contributed by atoms with Crippen molar-refractivity contribution in [3.63, 3.8) is 0 Å². The molecule has 0 unspecified atom stereocenters. The first-order valence-electron chi connectivity index (χ1n) is 4.58. The molecule has 0 spiro atoms. The zero-order chi connectivity index (χ0) is 9.97. The summed E-state index contributed by atoms with van der Waals surface area (Å²) in [6.45, 7) is 2.96. The molecule has 2 nitrogen and oxygen atoms in total. The molecule has 14 heavy (non-hydrogen) atoms. The molecule has 0 atom stereocenters. The van der Waals surface area contributed by atoms with E-state index in [4.69, 9.17) is 11.6 Å². The Kier molecular flexibility index (Phi) is 2.55. The number of benzene rings is 1. The Hall–Kier alpha value is -1.28. The van der Waals surface area contributed by atoms with Crippen molar-refractivity contribution < 1.29 is 0 Å². The quantitative estimate of drug-likeness (QED) is 0.738. The van der Waals surface area contributed by atoms with E-state index in [9.17, 15) is 0 Å². The second kappa shape index (κ2) is 3.84. The van der Waals surface area contributed by atoms with Gasteiger partial charge in [-0.15, -0.1) is 0 Å². The molecule has 0 bridgehead atoms. The van der Waals surface area contributed by atoms with Gasteiger partial charge >= 0.3 is 0 Å². The highest BCUT2D eigenvalue weighted by Crippen LogP contribution is 2.20. The normalized spacial score (nSPS) is 10.4. The molecule has 72 valence electrons. The molecule has 1 aromatic carbocycles. The average molecular weight is 207 g/mol. The van der Waals surface area contributed by atoms with Crippen molar-refractivity contribution in [1.29, 1.82) is 0 Å². The Morgan fingerprint density at radius 1 is 1.21 bits per heavy atom. The van der Waals surface area contributed by atoms with Gasteiger partial charge in [0.15, 0.2) is 0 Å². The highest BCUT2D eigenvalue weighted by atomic mass is 35.5. The fourth-order valence-electron chi connectivity index (χ4n) is 1.33. The number of aryl methyl sites for hydroxylation is 1. The Morgan fingerprint density at radius 2 is 1.93 bits per heavy atom. The molecule has 0 fully saturated rings. The molecular weight excluding hydrogens is 196 g/mol. The van der Waals surface area contributed by atoms with Gasteiger partial charge in [-0.05, 0) is 24.6 Å². The number of nitrogens with zero attached hydrogens (tertiary/aromatic N) is 2. The van der Waals surface area contributed by atoms with Crippen LogP contribution in [0.2, 0.25) is 5.02 Å². The van der Waals surface area contributed by atoms with Crippen LogP contribution >= 0.6 is 11.6 Å². The average Bonchev–Trinajstić information content (AvgIpc) is 2.67. The van der Waals surface area contributed by atoms with E-state index in [0.29, 0.717) is 0 Å². The standard InChI is InChI=1S/C11H11ClN2/c1-2-14-8-10(7-13-14)9-3-5-11(12)6-4-9/h3-8H,2H2,1H3. The highest BCUT2D eigenvalue weighted by molar-refractivity contribution is 6.30. The lowest BCUT2D eigenvalue weighted by atomic mass is 10.1. The second-order valence-electron chi connectivity index (χ2n) is 3.09. The predicted octanol–water partition coefficient (Wildman–Crippen LogP) is 3.22. The molecular formula is C11H11ClN2. The van der Waals surface area contributed by atoms with Crippen LogP contribution in [0.1, 0.15) is 6.92 Å². The topological polar surface area (TPSA) is 17.8 Å². The fourth-order valence-corrected chi connectivity index (χ4v) is 1.45. The van der Waals surface area contributed by atoms with Crippen LogP contribution in [-0.4, -0.2) is 9.78 Å². The molecule has 1 aromatic heterocycles. The molecule has 0 aliphatic heterocycles. The number of hydrogen-bond donors (Lipinski definition) is 0. The SMILES string of the molecule is CCn1cc(-c2ccc(Cl)cc2)cn1. The molecule has 0 aliphatic carbocycles. The summed E-state index contributed by atoms with van der Waals surface area (Å²) in [6, 6.07) is 7.78. The Bertz CT molecular complexity index is 417. The number of rotatable bonds is 2. The van der Waals surface area contributed by atoms with Crippen LogP contribution in [0.5, 0.6) is 0 Å². The van der Waals surface area contributed by atoms with Crippen molar-refractivity contribution in [2.24, 2.45) is 0 Å². The van der Waals surface area contributed by atoms with E-state index < -0.39 is 0 Å². The van der Waals surface area contributed by atoms with Gasteiger partial charge in [0.05, 0.1) is 6.20 Å². The Balaban J connectivity index is 2.34. The van der Waals surface area contributed by atoms with E-state index in [-0.39, 0.29) is 0 Å². The molecule has 0 radical (unpaired) electrons. The van der Waals surface area contributed by atoms with Crippen molar-refractivity contribution in [2.75, 3.05) is 0 Å². The van der Waals surface area contributed by atoms with Gasteiger partial charge in [0.2, 0.25) is 0 Å². The van der Waals surface area contributed by atoms with Crippen LogP contribution in [0, 0.1) is 0 Å². The predicted molar refractivity (Wildman–Crippen MR) is 58.3 cm³/mol. The minimum Gasteiger partial charge on any atom is -0.272 e. The number of aromatic nitrogens is 2. The molecule has 0 amide bonds. The Labute approximate surface area is 88.1 Å². The van der Waals surface area contributed by atoms with Crippen LogP contribution in [-0.2, 0) is 6.54 Å². The molecule has 0 saturated heterocycles. The third-order valence-corrected chi connectivity index (χ3v) is 2.39. The molecule has 2 rings (SSSR count). The minimum absolute atomic E-state index is 0.761. The first-order valence-corrected chi connectivity index (χ1v) is 4.96. The van der Waals surface area contributed by atoms with Gasteiger partial charge in [-0.1, -0.05) is 23.7 Å². The summed E-state index contributed by atoms with van der Waals surface area (Å²) in [5.41, 5.74) is 2.28. The molecule has 2 aromatic rings. The molecule has 3 heteroatoms. The van der Waals surface area contributed by atoms with Crippen molar-refractivity contribution in [2.45, 2.75) is 13.5 Å². The molecule has 1 heterocycles. The van der Waals surface area contributed by atoms with E-state index in [0.717, 1.165) is 22.7 Å². The zero-order valence-corrected chi connectivity index (χ0v) is 8.70. The van der Waals surface area contributed by atoms with E-state index in [1.807, 2.05) is 41.3 Å². The zero-order valence-electron chi connectivity index (χ0n) is 7.94. The van der Waals surface area contributed by atoms with Gasteiger partial charge in [-0.3, -0.25) is 4.68 Å². The van der Waals surface area contributed by atoms with Crippen LogP contribution in [0.4, 0.5) is 0 Å². The van der Waals surface area contributed by atoms with Crippen LogP contribution in [0.15, 0.2) is 36.7 Å². The van der Waals surface area contributed by atoms with E-state index in [1.54, 1.807) is 0 Å². The second-order valence-corrected chi connectivity index (χ2v) is 3.53. The van der Waals surface area contributed by atoms with Gasteiger partial charge in [0.1, 0.15) is 0 Å². The van der Waals surface area contributed by atoms with Gasteiger partial charge in [-0.25, -0.2) is 0 Å². The first kappa shape index (κ1) is 9.28. The van der Waals surface area contributed by atoms with Crippen LogP contribution in [0.3, 0.4) is 0 Å². The third-order valence-electron chi connectivity index (χ3n) is 2.13. The van der Waals surface area contributed by atoms with Crippen molar-refractivity contribution >= 4 is 11.6 Å². The lowest BCUT2D eigenvalue weighted by molar-refractivity contribution is 0.660. The van der Waals surface area contributed by atoms with Crippen molar-refractivity contribution in [3.8, 4) is 11.1 Å². The first-order chi connectivity index (χ1) is 6.79.